The van der Waals surface area contributed by atoms with Gasteiger partial charge in [-0.15, -0.1) is 0 Å². The molecule has 0 amide bonds. The molecular weight excluding hydrogens is 223 g/mol. The van der Waals surface area contributed by atoms with Gasteiger partial charge in [0.1, 0.15) is 0 Å². The van der Waals surface area contributed by atoms with Gasteiger partial charge in [-0.1, -0.05) is 49.7 Å². The summed E-state index contributed by atoms with van der Waals surface area (Å²) in [6.07, 6.45) is 1.70. The number of carboxylic acid groups (broad SMARTS) is 1. The smallest absolute Gasteiger partial charge is 0.545 e. The van der Waals surface area contributed by atoms with E-state index in [4.69, 9.17) is 0 Å². The molecule has 0 saturated heterocycles. The third-order valence-corrected chi connectivity index (χ3v) is 2.74. The number of aromatic carboxylic acids is 1. The zero-order valence-corrected chi connectivity index (χ0v) is 12.2. The molecule has 0 radical (unpaired) electrons. The van der Waals surface area contributed by atoms with Gasteiger partial charge in [-0.2, -0.15) is 0 Å². The van der Waals surface area contributed by atoms with Crippen molar-refractivity contribution >= 4 is 16.7 Å². The Hall–Kier alpha value is -0.830. The van der Waals surface area contributed by atoms with Crippen LogP contribution < -0.4 is 34.7 Å². The van der Waals surface area contributed by atoms with Crippen molar-refractivity contribution in [1.29, 1.82) is 0 Å². The van der Waals surface area contributed by atoms with Crippen molar-refractivity contribution in [3.8, 4) is 0 Å². The number of carbonyl (C=O) groups is 1. The number of rotatable bonds is 3. The molecule has 2 rings (SSSR count). The van der Waals surface area contributed by atoms with E-state index in [1.807, 2.05) is 43.3 Å². The first-order valence-corrected chi connectivity index (χ1v) is 5.46. The van der Waals surface area contributed by atoms with Crippen LogP contribution in [0.4, 0.5) is 0 Å². The molecule has 0 N–H and O–H groups in total. The number of carboxylic acids is 1. The quantitative estimate of drug-likeness (QED) is 0.652. The summed E-state index contributed by atoms with van der Waals surface area (Å²) < 4.78 is 0. The molecule has 0 aliphatic carbocycles. The Morgan fingerprint density at radius 3 is 2.53 bits per heavy atom. The second-order valence-corrected chi connectivity index (χ2v) is 3.86. The van der Waals surface area contributed by atoms with Crippen LogP contribution in [-0.2, 0) is 6.42 Å². The van der Waals surface area contributed by atoms with Crippen LogP contribution in [0.25, 0.3) is 10.8 Å². The predicted molar refractivity (Wildman–Crippen MR) is 62.3 cm³/mol. The van der Waals surface area contributed by atoms with Crippen molar-refractivity contribution in [2.45, 2.75) is 19.8 Å². The summed E-state index contributed by atoms with van der Waals surface area (Å²) in [6, 6.07) is 11.4. The Kier molecular flexibility index (Phi) is 5.19. The molecule has 0 fully saturated rings. The summed E-state index contributed by atoms with van der Waals surface area (Å²) in [5.41, 5.74) is 1.21. The van der Waals surface area contributed by atoms with E-state index in [1.54, 1.807) is 0 Å². The zero-order chi connectivity index (χ0) is 11.5. The minimum atomic E-state index is -1.08. The molecule has 17 heavy (non-hydrogen) atoms. The first-order chi connectivity index (χ1) is 7.74. The standard InChI is InChI=1S/C14H14O2.Na/c1-2-5-11-9-8-10-6-3-4-7-12(10)13(11)14(15)16;/h3-4,6-9H,2,5H2,1H3,(H,15,16);/q;+1/p-1. The third-order valence-electron chi connectivity index (χ3n) is 2.74. The maximum atomic E-state index is 11.2. The van der Waals surface area contributed by atoms with Gasteiger partial charge in [0.2, 0.25) is 0 Å². The van der Waals surface area contributed by atoms with Crippen LogP contribution in [0.15, 0.2) is 36.4 Å². The van der Waals surface area contributed by atoms with Gasteiger partial charge in [0.15, 0.2) is 0 Å². The van der Waals surface area contributed by atoms with Crippen molar-refractivity contribution in [2.75, 3.05) is 0 Å². The predicted octanol–water partition coefficient (Wildman–Crippen LogP) is -0.840. The summed E-state index contributed by atoms with van der Waals surface area (Å²) in [5, 5.41) is 12.9. The molecule has 2 aromatic rings. The first kappa shape index (κ1) is 14.2. The fraction of sp³-hybridized carbons (Fsp3) is 0.214. The van der Waals surface area contributed by atoms with E-state index in [1.165, 1.54) is 0 Å². The van der Waals surface area contributed by atoms with Crippen LogP contribution in [0, 0.1) is 0 Å². The van der Waals surface area contributed by atoms with Gasteiger partial charge in [-0.05, 0) is 22.8 Å². The average molecular weight is 236 g/mol. The van der Waals surface area contributed by atoms with Crippen LogP contribution >= 0.6 is 0 Å². The molecule has 0 unspecified atom stereocenters. The topological polar surface area (TPSA) is 40.1 Å². The molecule has 0 aliphatic heterocycles. The van der Waals surface area contributed by atoms with Crippen molar-refractivity contribution < 1.29 is 39.5 Å². The number of hydrogen-bond acceptors (Lipinski definition) is 2. The van der Waals surface area contributed by atoms with Gasteiger partial charge in [-0.3, -0.25) is 0 Å². The Labute approximate surface area is 123 Å². The van der Waals surface area contributed by atoms with Crippen LogP contribution in [0.5, 0.6) is 0 Å². The molecule has 0 heterocycles. The number of fused-ring (bicyclic) bond motifs is 1. The van der Waals surface area contributed by atoms with Crippen molar-refractivity contribution in [3.63, 3.8) is 0 Å². The van der Waals surface area contributed by atoms with Gasteiger partial charge < -0.3 is 9.90 Å². The molecule has 2 aromatic carbocycles. The first-order valence-electron chi connectivity index (χ1n) is 5.46. The molecule has 0 aliphatic rings. The second-order valence-electron chi connectivity index (χ2n) is 3.86. The van der Waals surface area contributed by atoms with Crippen LogP contribution in [-0.4, -0.2) is 5.97 Å². The van der Waals surface area contributed by atoms with E-state index in [-0.39, 0.29) is 29.6 Å². The molecule has 0 aromatic heterocycles. The summed E-state index contributed by atoms with van der Waals surface area (Å²) in [7, 11) is 0. The molecule has 0 spiro atoms. The second kappa shape index (κ2) is 6.20. The minimum absolute atomic E-state index is 0. The van der Waals surface area contributed by atoms with Crippen molar-refractivity contribution in [1.82, 2.24) is 0 Å². The largest absolute Gasteiger partial charge is 1.00 e. The molecule has 2 nitrogen and oxygen atoms in total. The summed E-state index contributed by atoms with van der Waals surface area (Å²) in [4.78, 5) is 11.2. The Morgan fingerprint density at radius 1 is 1.18 bits per heavy atom. The molecule has 82 valence electrons. The van der Waals surface area contributed by atoms with E-state index in [2.05, 4.69) is 0 Å². The Morgan fingerprint density at radius 2 is 1.88 bits per heavy atom. The van der Waals surface area contributed by atoms with Crippen LogP contribution in [0.1, 0.15) is 29.3 Å². The van der Waals surface area contributed by atoms with Gasteiger partial charge >= 0.3 is 29.6 Å². The Bertz CT molecular complexity index is 535. The summed E-state index contributed by atoms with van der Waals surface area (Å²) in [6.45, 7) is 2.04. The van der Waals surface area contributed by atoms with Gasteiger partial charge in [0.25, 0.3) is 0 Å². The molecule has 0 bridgehead atoms. The van der Waals surface area contributed by atoms with E-state index in [0.717, 1.165) is 29.2 Å². The minimum Gasteiger partial charge on any atom is -0.545 e. The van der Waals surface area contributed by atoms with Crippen LogP contribution in [0.2, 0.25) is 0 Å². The summed E-state index contributed by atoms with van der Waals surface area (Å²) >= 11 is 0. The van der Waals surface area contributed by atoms with Crippen LogP contribution in [0.3, 0.4) is 0 Å². The fourth-order valence-electron chi connectivity index (χ4n) is 2.04. The van der Waals surface area contributed by atoms with E-state index in [9.17, 15) is 9.90 Å². The normalized spacial score (nSPS) is 9.94. The number of carbonyl (C=O) groups excluding carboxylic acids is 1. The van der Waals surface area contributed by atoms with Gasteiger partial charge in [0.05, 0.1) is 5.97 Å². The molecule has 0 atom stereocenters. The number of benzene rings is 2. The maximum Gasteiger partial charge on any atom is 1.00 e. The van der Waals surface area contributed by atoms with Crippen molar-refractivity contribution in [2.24, 2.45) is 0 Å². The van der Waals surface area contributed by atoms with E-state index < -0.39 is 5.97 Å². The molecule has 0 saturated carbocycles. The molecular formula is C14H13NaO2. The Balaban J connectivity index is 0.00000144. The van der Waals surface area contributed by atoms with Gasteiger partial charge in [0, 0.05) is 5.56 Å². The average Bonchev–Trinajstić information content (AvgIpc) is 2.28. The number of aryl methyl sites for hydroxylation is 1. The zero-order valence-electron chi connectivity index (χ0n) is 10.2. The van der Waals surface area contributed by atoms with Crippen molar-refractivity contribution in [3.05, 3.63) is 47.5 Å². The summed E-state index contributed by atoms with van der Waals surface area (Å²) in [5.74, 6) is -1.08. The monoisotopic (exact) mass is 236 g/mol. The molecule has 3 heteroatoms. The van der Waals surface area contributed by atoms with E-state index >= 15 is 0 Å². The third kappa shape index (κ3) is 2.89. The van der Waals surface area contributed by atoms with E-state index in [0.29, 0.717) is 5.56 Å². The fourth-order valence-corrected chi connectivity index (χ4v) is 2.04. The maximum absolute atomic E-state index is 11.2. The SMILES string of the molecule is CCCc1ccc2ccccc2c1C(=O)[O-].[Na+]. The van der Waals surface area contributed by atoms with Gasteiger partial charge in [-0.25, -0.2) is 0 Å². The number of hydrogen-bond donors (Lipinski definition) is 0.